The van der Waals surface area contributed by atoms with Crippen LogP contribution in [0.4, 0.5) is 4.39 Å². The van der Waals surface area contributed by atoms with E-state index in [0.29, 0.717) is 18.3 Å². The molecule has 4 saturated carbocycles. The predicted molar refractivity (Wildman–Crippen MR) is 94.4 cm³/mol. The number of alkyl halides is 1. The van der Waals surface area contributed by atoms with Gasteiger partial charge in [-0.15, -0.1) is 0 Å². The van der Waals surface area contributed by atoms with Crippen molar-refractivity contribution in [1.82, 2.24) is 0 Å². The van der Waals surface area contributed by atoms with E-state index < -0.39 is 23.0 Å². The second-order valence-electron chi connectivity index (χ2n) is 10.3. The zero-order valence-electron chi connectivity index (χ0n) is 16.0. The molecule has 0 heterocycles. The molecule has 0 aromatic rings. The molecule has 3 nitrogen and oxygen atoms in total. The molecule has 0 bridgehead atoms. The third-order valence-electron chi connectivity index (χ3n) is 9.57. The van der Waals surface area contributed by atoms with Crippen molar-refractivity contribution in [3.63, 3.8) is 0 Å². The van der Waals surface area contributed by atoms with Gasteiger partial charge in [0.15, 0.2) is 5.79 Å². The van der Waals surface area contributed by atoms with Crippen LogP contribution in [0.15, 0.2) is 0 Å². The topological polar surface area (TPSA) is 60.7 Å². The van der Waals surface area contributed by atoms with Gasteiger partial charge in [0.1, 0.15) is 11.8 Å². The fourth-order valence-corrected chi connectivity index (χ4v) is 7.92. The monoisotopic (exact) mass is 354 g/mol. The quantitative estimate of drug-likeness (QED) is 0.628. The van der Waals surface area contributed by atoms with Crippen molar-refractivity contribution in [1.29, 1.82) is 0 Å². The molecule has 4 rings (SSSR count). The summed E-state index contributed by atoms with van der Waals surface area (Å²) >= 11 is 0. The van der Waals surface area contributed by atoms with Crippen molar-refractivity contribution < 1.29 is 19.7 Å². The van der Waals surface area contributed by atoms with E-state index in [1.165, 1.54) is 12.8 Å². The number of fused-ring (bicyclic) bond motifs is 5. The molecule has 4 fully saturated rings. The molecule has 4 heteroatoms. The summed E-state index contributed by atoms with van der Waals surface area (Å²) in [6.07, 6.45) is 5.79. The minimum atomic E-state index is -2.06. The van der Waals surface area contributed by atoms with Gasteiger partial charge in [0.2, 0.25) is 0 Å². The van der Waals surface area contributed by atoms with Crippen molar-refractivity contribution in [3.8, 4) is 0 Å². The van der Waals surface area contributed by atoms with Crippen LogP contribution in [0.5, 0.6) is 0 Å². The maximum atomic E-state index is 16.7. The van der Waals surface area contributed by atoms with Crippen molar-refractivity contribution in [2.45, 2.75) is 96.1 Å². The third kappa shape index (κ3) is 2.20. The first-order chi connectivity index (χ1) is 11.6. The van der Waals surface area contributed by atoms with Crippen LogP contribution in [0.3, 0.4) is 0 Å². The number of rotatable bonds is 1. The van der Waals surface area contributed by atoms with E-state index in [0.717, 1.165) is 25.7 Å². The van der Waals surface area contributed by atoms with Gasteiger partial charge >= 0.3 is 0 Å². The summed E-state index contributed by atoms with van der Waals surface area (Å²) in [7, 11) is 0. The van der Waals surface area contributed by atoms with Gasteiger partial charge in [-0.1, -0.05) is 27.2 Å². The standard InChI is InChI=1S/C21H35FO3/c1-4-13-5-7-15-16-8-6-14-11-21(24,25)17(23)12-19(14,3)20(16,22)10-9-18(13,15)2/h13-17,23-25H,4-12H2,1-3H3/t13-,14?,15+,16+,17?,18-,19+,20-/m1/s1. The highest BCUT2D eigenvalue weighted by Crippen LogP contribution is 2.70. The lowest BCUT2D eigenvalue weighted by Crippen LogP contribution is -2.67. The number of hydrogen-bond acceptors (Lipinski definition) is 3. The van der Waals surface area contributed by atoms with Crippen LogP contribution in [0.2, 0.25) is 0 Å². The summed E-state index contributed by atoms with van der Waals surface area (Å²) in [6, 6.07) is 0. The average Bonchev–Trinajstić information content (AvgIpc) is 2.87. The highest BCUT2D eigenvalue weighted by atomic mass is 19.1. The molecule has 2 unspecified atom stereocenters. The molecule has 0 aromatic carbocycles. The number of hydrogen-bond donors (Lipinski definition) is 3. The molecule has 25 heavy (non-hydrogen) atoms. The molecule has 4 aliphatic rings. The molecule has 0 radical (unpaired) electrons. The van der Waals surface area contributed by atoms with E-state index in [1.54, 1.807) is 0 Å². The van der Waals surface area contributed by atoms with E-state index in [2.05, 4.69) is 13.8 Å². The molecule has 4 aliphatic carbocycles. The number of halogens is 1. The zero-order chi connectivity index (χ0) is 18.3. The first-order valence-electron chi connectivity index (χ1n) is 10.4. The summed E-state index contributed by atoms with van der Waals surface area (Å²) in [6.45, 7) is 6.65. The van der Waals surface area contributed by atoms with Gasteiger partial charge in [0.25, 0.3) is 0 Å². The minimum absolute atomic E-state index is 0.0557. The fraction of sp³-hybridized carbons (Fsp3) is 1.00. The molecule has 3 N–H and O–H groups in total. The second kappa shape index (κ2) is 5.42. The van der Waals surface area contributed by atoms with E-state index in [-0.39, 0.29) is 30.1 Å². The number of aliphatic hydroxyl groups is 3. The molecule has 0 amide bonds. The van der Waals surface area contributed by atoms with E-state index in [1.807, 2.05) is 6.92 Å². The normalized spacial score (nSPS) is 57.5. The Hall–Kier alpha value is -0.190. The molecule has 144 valence electrons. The summed E-state index contributed by atoms with van der Waals surface area (Å²) in [4.78, 5) is 0. The van der Waals surface area contributed by atoms with Gasteiger partial charge in [-0.2, -0.15) is 0 Å². The van der Waals surface area contributed by atoms with Crippen LogP contribution < -0.4 is 0 Å². The lowest BCUT2D eigenvalue weighted by molar-refractivity contribution is -0.300. The van der Waals surface area contributed by atoms with Gasteiger partial charge in [-0.25, -0.2) is 4.39 Å². The summed E-state index contributed by atoms with van der Waals surface area (Å²) in [5, 5.41) is 30.5. The maximum Gasteiger partial charge on any atom is 0.189 e. The van der Waals surface area contributed by atoms with Crippen LogP contribution in [0.1, 0.15) is 78.6 Å². The van der Waals surface area contributed by atoms with Crippen molar-refractivity contribution >= 4 is 0 Å². The molecule has 0 aliphatic heterocycles. The first kappa shape index (κ1) is 18.2. The van der Waals surface area contributed by atoms with E-state index in [9.17, 15) is 15.3 Å². The minimum Gasteiger partial charge on any atom is -0.387 e. The second-order valence-corrected chi connectivity index (χ2v) is 10.3. The van der Waals surface area contributed by atoms with Crippen LogP contribution in [-0.2, 0) is 0 Å². The predicted octanol–water partition coefficient (Wildman–Crippen LogP) is 3.80. The summed E-state index contributed by atoms with van der Waals surface area (Å²) in [5.41, 5.74) is -1.65. The largest absolute Gasteiger partial charge is 0.387 e. The molecular formula is C21H35FO3. The van der Waals surface area contributed by atoms with Crippen molar-refractivity contribution in [3.05, 3.63) is 0 Å². The molecule has 0 spiro atoms. The molecular weight excluding hydrogens is 319 g/mol. The van der Waals surface area contributed by atoms with Gasteiger partial charge in [0, 0.05) is 11.8 Å². The SMILES string of the molecule is CC[C@@H]1CC[C@H]2[C@@H]3CCC4CC(O)(O)C(O)C[C@]4(C)[C@@]3(F)CC[C@]12C. The highest BCUT2D eigenvalue weighted by Gasteiger charge is 2.69. The highest BCUT2D eigenvalue weighted by molar-refractivity contribution is 5.18. The zero-order valence-corrected chi connectivity index (χ0v) is 16.0. The van der Waals surface area contributed by atoms with Crippen LogP contribution in [0, 0.1) is 34.5 Å². The average molecular weight is 355 g/mol. The molecule has 0 saturated heterocycles. The Labute approximate surface area is 151 Å². The Morgan fingerprint density at radius 1 is 0.960 bits per heavy atom. The Morgan fingerprint density at radius 2 is 1.64 bits per heavy atom. The lowest BCUT2D eigenvalue weighted by Gasteiger charge is -2.65. The molecule has 8 atom stereocenters. The Bertz CT molecular complexity index is 551. The van der Waals surface area contributed by atoms with Crippen LogP contribution in [0.25, 0.3) is 0 Å². The smallest absolute Gasteiger partial charge is 0.189 e. The van der Waals surface area contributed by atoms with Crippen LogP contribution >= 0.6 is 0 Å². The summed E-state index contributed by atoms with van der Waals surface area (Å²) < 4.78 is 16.7. The Balaban J connectivity index is 1.69. The Morgan fingerprint density at radius 3 is 2.32 bits per heavy atom. The van der Waals surface area contributed by atoms with E-state index >= 15 is 4.39 Å². The fourth-order valence-electron chi connectivity index (χ4n) is 7.92. The van der Waals surface area contributed by atoms with Gasteiger partial charge in [-0.05, 0) is 74.0 Å². The maximum absolute atomic E-state index is 16.7. The van der Waals surface area contributed by atoms with Crippen molar-refractivity contribution in [2.75, 3.05) is 0 Å². The lowest BCUT2D eigenvalue weighted by atomic mass is 9.42. The summed E-state index contributed by atoms with van der Waals surface area (Å²) in [5.74, 6) is -0.883. The number of aliphatic hydroxyl groups excluding tert-OH is 1. The van der Waals surface area contributed by atoms with E-state index in [4.69, 9.17) is 0 Å². The van der Waals surface area contributed by atoms with Gasteiger partial charge < -0.3 is 15.3 Å². The van der Waals surface area contributed by atoms with Crippen LogP contribution in [-0.4, -0.2) is 32.9 Å². The van der Waals surface area contributed by atoms with Crippen molar-refractivity contribution in [2.24, 2.45) is 34.5 Å². The Kier molecular flexibility index (Phi) is 3.94. The first-order valence-corrected chi connectivity index (χ1v) is 10.4. The van der Waals surface area contributed by atoms with Gasteiger partial charge in [0.05, 0.1) is 0 Å². The third-order valence-corrected chi connectivity index (χ3v) is 9.57. The molecule has 0 aromatic heterocycles. The van der Waals surface area contributed by atoms with Gasteiger partial charge in [-0.3, -0.25) is 0 Å².